The average molecular weight is 329 g/mol. The Morgan fingerprint density at radius 2 is 1.79 bits per heavy atom. The second kappa shape index (κ2) is 6.55. The molecule has 2 aliphatic rings. The van der Waals surface area contributed by atoms with Gasteiger partial charge in [0, 0.05) is 31.9 Å². The van der Waals surface area contributed by atoms with Crippen molar-refractivity contribution in [3.63, 3.8) is 0 Å². The number of piperazine rings is 1. The number of amides is 2. The first kappa shape index (κ1) is 17.0. The molecule has 1 aromatic rings. The number of carbonyl (C=O) groups is 2. The minimum Gasteiger partial charge on any atom is -0.339 e. The summed E-state index contributed by atoms with van der Waals surface area (Å²) in [5.41, 5.74) is 2.11. The summed E-state index contributed by atoms with van der Waals surface area (Å²) >= 11 is 0. The van der Waals surface area contributed by atoms with E-state index in [4.69, 9.17) is 0 Å². The van der Waals surface area contributed by atoms with Crippen LogP contribution in [0.15, 0.2) is 18.2 Å². The van der Waals surface area contributed by atoms with E-state index in [-0.39, 0.29) is 11.8 Å². The van der Waals surface area contributed by atoms with Crippen molar-refractivity contribution in [2.45, 2.75) is 33.6 Å². The minimum absolute atomic E-state index is 0.0149. The summed E-state index contributed by atoms with van der Waals surface area (Å²) in [5.74, 6) is -0.125. The molecular weight excluding hydrogens is 302 g/mol. The Bertz CT molecular complexity index is 644. The Hall–Kier alpha value is -1.88. The maximum atomic E-state index is 12.9. The molecule has 0 atom stereocenters. The number of nitrogens with one attached hydrogen (secondary N) is 1. The number of rotatable bonds is 4. The smallest absolute Gasteiger partial charge is 0.240 e. The van der Waals surface area contributed by atoms with E-state index < -0.39 is 5.41 Å². The summed E-state index contributed by atoms with van der Waals surface area (Å²) in [6, 6.07) is 5.99. The molecule has 1 saturated heterocycles. The number of anilines is 1. The monoisotopic (exact) mass is 329 g/mol. The molecule has 1 aromatic carbocycles. The lowest BCUT2D eigenvalue weighted by atomic mass is 10.0. The normalized spacial score (nSPS) is 19.9. The first-order valence-corrected chi connectivity index (χ1v) is 8.87. The van der Waals surface area contributed by atoms with Crippen LogP contribution in [0.5, 0.6) is 0 Å². The standard InChI is InChI=1S/C19H27N3O2/c1-4-21-9-11-22(12-10-21)18(24)19(7-8-19)17(23)20-16-13-14(2)5-6-15(16)3/h5-6,13H,4,7-12H2,1-3H3,(H,20,23). The number of carbonyl (C=O) groups excluding carboxylic acids is 2. The SMILES string of the molecule is CCN1CCN(C(=O)C2(C(=O)Nc3cc(C)ccc3C)CC2)CC1. The molecule has 3 rings (SSSR count). The molecule has 1 aliphatic heterocycles. The number of likely N-dealkylation sites (N-methyl/N-ethyl adjacent to an activating group) is 1. The zero-order chi connectivity index (χ0) is 17.3. The van der Waals surface area contributed by atoms with E-state index in [1.165, 1.54) is 0 Å². The van der Waals surface area contributed by atoms with Crippen LogP contribution in [-0.2, 0) is 9.59 Å². The molecule has 0 unspecified atom stereocenters. The summed E-state index contributed by atoms with van der Waals surface area (Å²) in [6.07, 6.45) is 1.33. The van der Waals surface area contributed by atoms with Gasteiger partial charge >= 0.3 is 0 Å². The Kier molecular flexibility index (Phi) is 4.63. The molecule has 0 aromatic heterocycles. The molecule has 1 heterocycles. The van der Waals surface area contributed by atoms with Gasteiger partial charge in [-0.25, -0.2) is 0 Å². The zero-order valence-electron chi connectivity index (χ0n) is 14.9. The van der Waals surface area contributed by atoms with Crippen LogP contribution in [0.3, 0.4) is 0 Å². The van der Waals surface area contributed by atoms with Crippen molar-refractivity contribution in [2.75, 3.05) is 38.0 Å². The summed E-state index contributed by atoms with van der Waals surface area (Å²) < 4.78 is 0. The fraction of sp³-hybridized carbons (Fsp3) is 0.579. The van der Waals surface area contributed by atoms with Crippen LogP contribution in [0.4, 0.5) is 5.69 Å². The van der Waals surface area contributed by atoms with Crippen LogP contribution < -0.4 is 5.32 Å². The van der Waals surface area contributed by atoms with Crippen molar-refractivity contribution < 1.29 is 9.59 Å². The van der Waals surface area contributed by atoms with E-state index in [0.29, 0.717) is 12.8 Å². The molecule has 5 nitrogen and oxygen atoms in total. The summed E-state index contributed by atoms with van der Waals surface area (Å²) in [6.45, 7) is 10.4. The molecule has 2 amide bonds. The summed E-state index contributed by atoms with van der Waals surface area (Å²) in [5, 5.41) is 3.00. The zero-order valence-corrected chi connectivity index (χ0v) is 14.9. The fourth-order valence-electron chi connectivity index (χ4n) is 3.35. The molecule has 130 valence electrons. The number of hydrogen-bond donors (Lipinski definition) is 1. The highest BCUT2D eigenvalue weighted by molar-refractivity contribution is 6.13. The van der Waals surface area contributed by atoms with Gasteiger partial charge in [-0.3, -0.25) is 9.59 Å². The van der Waals surface area contributed by atoms with Gasteiger partial charge in [-0.2, -0.15) is 0 Å². The molecule has 1 aliphatic carbocycles. The molecular formula is C19H27N3O2. The first-order valence-electron chi connectivity index (χ1n) is 8.87. The highest BCUT2D eigenvalue weighted by Gasteiger charge is 2.58. The molecule has 2 fully saturated rings. The van der Waals surface area contributed by atoms with E-state index in [0.717, 1.165) is 49.5 Å². The first-order chi connectivity index (χ1) is 11.5. The second-order valence-corrected chi connectivity index (χ2v) is 7.08. The summed E-state index contributed by atoms with van der Waals surface area (Å²) in [7, 11) is 0. The lowest BCUT2D eigenvalue weighted by Gasteiger charge is -2.35. The summed E-state index contributed by atoms with van der Waals surface area (Å²) in [4.78, 5) is 29.9. The number of aryl methyl sites for hydroxylation is 2. The van der Waals surface area contributed by atoms with Crippen LogP contribution in [0.2, 0.25) is 0 Å². The van der Waals surface area contributed by atoms with E-state index in [9.17, 15) is 9.59 Å². The van der Waals surface area contributed by atoms with Crippen LogP contribution >= 0.6 is 0 Å². The molecule has 0 radical (unpaired) electrons. The third kappa shape index (κ3) is 3.18. The van der Waals surface area contributed by atoms with Crippen molar-refractivity contribution in [3.8, 4) is 0 Å². The van der Waals surface area contributed by atoms with E-state index >= 15 is 0 Å². The third-order valence-corrected chi connectivity index (χ3v) is 5.34. The fourth-order valence-corrected chi connectivity index (χ4v) is 3.35. The van der Waals surface area contributed by atoms with Crippen LogP contribution in [0.1, 0.15) is 30.9 Å². The predicted octanol–water partition coefficient (Wildman–Crippen LogP) is 2.19. The van der Waals surface area contributed by atoms with Gasteiger partial charge in [-0.15, -0.1) is 0 Å². The van der Waals surface area contributed by atoms with Gasteiger partial charge < -0.3 is 15.1 Å². The molecule has 5 heteroatoms. The van der Waals surface area contributed by atoms with E-state index in [2.05, 4.69) is 17.1 Å². The highest BCUT2D eigenvalue weighted by atomic mass is 16.2. The van der Waals surface area contributed by atoms with Crippen molar-refractivity contribution in [1.82, 2.24) is 9.80 Å². The lowest BCUT2D eigenvalue weighted by Crippen LogP contribution is -2.52. The Morgan fingerprint density at radius 1 is 1.12 bits per heavy atom. The van der Waals surface area contributed by atoms with E-state index in [1.54, 1.807) is 0 Å². The molecule has 24 heavy (non-hydrogen) atoms. The minimum atomic E-state index is -0.829. The molecule has 1 saturated carbocycles. The van der Waals surface area contributed by atoms with Crippen molar-refractivity contribution in [1.29, 1.82) is 0 Å². The van der Waals surface area contributed by atoms with Gasteiger partial charge in [0.1, 0.15) is 5.41 Å². The van der Waals surface area contributed by atoms with Gasteiger partial charge in [-0.05, 0) is 50.4 Å². The van der Waals surface area contributed by atoms with Crippen molar-refractivity contribution >= 4 is 17.5 Å². The highest BCUT2D eigenvalue weighted by Crippen LogP contribution is 2.48. The molecule has 0 bridgehead atoms. The van der Waals surface area contributed by atoms with Gasteiger partial charge in [-0.1, -0.05) is 19.1 Å². The van der Waals surface area contributed by atoms with Gasteiger partial charge in [0.2, 0.25) is 11.8 Å². The number of hydrogen-bond acceptors (Lipinski definition) is 3. The Labute approximate surface area is 144 Å². The lowest BCUT2D eigenvalue weighted by molar-refractivity contribution is -0.143. The number of benzene rings is 1. The van der Waals surface area contributed by atoms with Crippen LogP contribution in [-0.4, -0.2) is 54.3 Å². The largest absolute Gasteiger partial charge is 0.339 e. The Morgan fingerprint density at radius 3 is 2.38 bits per heavy atom. The molecule has 0 spiro atoms. The van der Waals surface area contributed by atoms with Crippen LogP contribution in [0.25, 0.3) is 0 Å². The maximum Gasteiger partial charge on any atom is 0.240 e. The Balaban J connectivity index is 1.68. The van der Waals surface area contributed by atoms with Gasteiger partial charge in [0.25, 0.3) is 0 Å². The predicted molar refractivity (Wildman–Crippen MR) is 94.9 cm³/mol. The molecule has 1 N–H and O–H groups in total. The quantitative estimate of drug-likeness (QED) is 0.862. The van der Waals surface area contributed by atoms with Gasteiger partial charge in [0.15, 0.2) is 0 Å². The third-order valence-electron chi connectivity index (χ3n) is 5.34. The van der Waals surface area contributed by atoms with Crippen molar-refractivity contribution in [3.05, 3.63) is 29.3 Å². The topological polar surface area (TPSA) is 52.7 Å². The average Bonchev–Trinajstić information content (AvgIpc) is 3.39. The van der Waals surface area contributed by atoms with E-state index in [1.807, 2.05) is 36.9 Å². The maximum absolute atomic E-state index is 12.9. The van der Waals surface area contributed by atoms with Gasteiger partial charge in [0.05, 0.1) is 0 Å². The second-order valence-electron chi connectivity index (χ2n) is 7.08. The van der Waals surface area contributed by atoms with Crippen LogP contribution in [0, 0.1) is 19.3 Å². The number of nitrogens with zero attached hydrogens (tertiary/aromatic N) is 2. The van der Waals surface area contributed by atoms with Crippen molar-refractivity contribution in [2.24, 2.45) is 5.41 Å².